The van der Waals surface area contributed by atoms with Gasteiger partial charge in [0.05, 0.1) is 17.9 Å². The molecule has 1 heterocycles. The van der Waals surface area contributed by atoms with Gasteiger partial charge >= 0.3 is 5.97 Å². The lowest BCUT2D eigenvalue weighted by molar-refractivity contribution is -0.113. The first kappa shape index (κ1) is 18.0. The van der Waals surface area contributed by atoms with Crippen molar-refractivity contribution in [2.75, 3.05) is 17.7 Å². The highest BCUT2D eigenvalue weighted by Gasteiger charge is 2.11. The third-order valence-corrected chi connectivity index (χ3v) is 4.27. The number of aromatic nitrogens is 3. The number of nitrogens with zero attached hydrogens (tertiary/aromatic N) is 3. The van der Waals surface area contributed by atoms with Gasteiger partial charge in [0.1, 0.15) is 5.82 Å². The maximum atomic E-state index is 12.0. The van der Waals surface area contributed by atoms with E-state index >= 15 is 0 Å². The molecule has 0 aliphatic carbocycles. The van der Waals surface area contributed by atoms with E-state index in [1.807, 2.05) is 18.5 Å². The number of rotatable bonds is 7. The number of anilines is 1. The predicted molar refractivity (Wildman–Crippen MR) is 92.1 cm³/mol. The quantitative estimate of drug-likeness (QED) is 0.610. The molecule has 7 nitrogen and oxygen atoms in total. The lowest BCUT2D eigenvalue weighted by atomic mass is 10.2. The molecule has 0 aliphatic heterocycles. The van der Waals surface area contributed by atoms with E-state index in [4.69, 9.17) is 4.74 Å². The highest BCUT2D eigenvalue weighted by molar-refractivity contribution is 7.99. The van der Waals surface area contributed by atoms with Gasteiger partial charge in [0.15, 0.2) is 5.16 Å². The van der Waals surface area contributed by atoms with E-state index < -0.39 is 0 Å². The van der Waals surface area contributed by atoms with Crippen molar-refractivity contribution < 1.29 is 14.3 Å². The van der Waals surface area contributed by atoms with Crippen LogP contribution in [0.4, 0.5) is 5.69 Å². The van der Waals surface area contributed by atoms with Gasteiger partial charge in [-0.3, -0.25) is 4.79 Å². The molecule has 0 bridgehead atoms. The maximum absolute atomic E-state index is 12.0. The van der Waals surface area contributed by atoms with Crippen LogP contribution in [-0.4, -0.2) is 39.0 Å². The smallest absolute Gasteiger partial charge is 0.338 e. The molecular formula is C16H20N4O3S. The number of benzene rings is 1. The van der Waals surface area contributed by atoms with Gasteiger partial charge in [0, 0.05) is 19.2 Å². The predicted octanol–water partition coefficient (Wildman–Crippen LogP) is 2.29. The molecule has 128 valence electrons. The molecule has 0 saturated carbocycles. The molecular weight excluding hydrogens is 328 g/mol. The van der Waals surface area contributed by atoms with Crippen LogP contribution in [0.15, 0.2) is 29.4 Å². The fourth-order valence-corrected chi connectivity index (χ4v) is 2.74. The van der Waals surface area contributed by atoms with Crippen LogP contribution < -0.4 is 5.32 Å². The second-order valence-corrected chi connectivity index (χ2v) is 5.89. The van der Waals surface area contributed by atoms with Crippen molar-refractivity contribution in [3.05, 3.63) is 35.7 Å². The van der Waals surface area contributed by atoms with Crippen LogP contribution in [0.1, 0.15) is 30.0 Å². The Kier molecular flexibility index (Phi) is 6.36. The monoisotopic (exact) mass is 348 g/mol. The number of carbonyl (C=O) groups is 2. The summed E-state index contributed by atoms with van der Waals surface area (Å²) >= 11 is 1.33. The molecule has 1 amide bonds. The van der Waals surface area contributed by atoms with Crippen molar-refractivity contribution in [2.45, 2.75) is 25.4 Å². The first-order chi connectivity index (χ1) is 11.5. The summed E-state index contributed by atoms with van der Waals surface area (Å²) in [4.78, 5) is 23.6. The van der Waals surface area contributed by atoms with Crippen molar-refractivity contribution in [3.63, 3.8) is 0 Å². The third kappa shape index (κ3) is 4.58. The van der Waals surface area contributed by atoms with Gasteiger partial charge in [0.25, 0.3) is 0 Å². The van der Waals surface area contributed by atoms with Crippen LogP contribution in [0.5, 0.6) is 0 Å². The van der Waals surface area contributed by atoms with Crippen LogP contribution in [-0.2, 0) is 23.0 Å². The van der Waals surface area contributed by atoms with Crippen molar-refractivity contribution in [1.29, 1.82) is 0 Å². The fourth-order valence-electron chi connectivity index (χ4n) is 2.01. The molecule has 0 atom stereocenters. The highest BCUT2D eigenvalue weighted by atomic mass is 32.2. The molecule has 0 radical (unpaired) electrons. The van der Waals surface area contributed by atoms with Gasteiger partial charge in [-0.05, 0) is 31.2 Å². The van der Waals surface area contributed by atoms with Crippen LogP contribution in [0, 0.1) is 0 Å². The average Bonchev–Trinajstić information content (AvgIpc) is 2.94. The second-order valence-electron chi connectivity index (χ2n) is 4.95. The van der Waals surface area contributed by atoms with Gasteiger partial charge in [-0.1, -0.05) is 18.7 Å². The molecule has 1 aromatic heterocycles. The highest BCUT2D eigenvalue weighted by Crippen LogP contribution is 2.17. The molecule has 8 heteroatoms. The number of hydrogen-bond donors (Lipinski definition) is 1. The maximum Gasteiger partial charge on any atom is 0.338 e. The van der Waals surface area contributed by atoms with Crippen molar-refractivity contribution >= 4 is 29.3 Å². The van der Waals surface area contributed by atoms with E-state index in [0.717, 1.165) is 12.2 Å². The Morgan fingerprint density at radius 1 is 1.21 bits per heavy atom. The van der Waals surface area contributed by atoms with Gasteiger partial charge in [-0.25, -0.2) is 4.79 Å². The number of amides is 1. The van der Waals surface area contributed by atoms with Crippen molar-refractivity contribution in [1.82, 2.24) is 14.8 Å². The summed E-state index contributed by atoms with van der Waals surface area (Å²) in [6.45, 7) is 4.09. The topological polar surface area (TPSA) is 86.1 Å². The van der Waals surface area contributed by atoms with Crippen LogP contribution >= 0.6 is 11.8 Å². The molecule has 0 unspecified atom stereocenters. The molecule has 0 spiro atoms. The number of aryl methyl sites for hydroxylation is 1. The molecule has 0 saturated heterocycles. The summed E-state index contributed by atoms with van der Waals surface area (Å²) in [5.74, 6) is 0.590. The Balaban J connectivity index is 1.88. The summed E-state index contributed by atoms with van der Waals surface area (Å²) in [6, 6.07) is 6.59. The summed E-state index contributed by atoms with van der Waals surface area (Å²) in [7, 11) is 1.88. The van der Waals surface area contributed by atoms with Crippen LogP contribution in [0.25, 0.3) is 0 Å². The molecule has 2 rings (SSSR count). The standard InChI is InChI=1S/C16H20N4O3S/c1-4-13-18-19-16(20(13)3)24-10-14(21)17-12-8-6-11(7-9-12)15(22)23-5-2/h6-9H,4-5,10H2,1-3H3,(H,17,21). The lowest BCUT2D eigenvalue weighted by Gasteiger charge is -2.06. The zero-order valence-corrected chi connectivity index (χ0v) is 14.7. The Hall–Kier alpha value is -2.35. The summed E-state index contributed by atoms with van der Waals surface area (Å²) in [5.41, 5.74) is 1.08. The Bertz CT molecular complexity index is 713. The van der Waals surface area contributed by atoms with Crippen LogP contribution in [0.2, 0.25) is 0 Å². The molecule has 0 fully saturated rings. The number of thioether (sulfide) groups is 1. The zero-order chi connectivity index (χ0) is 17.5. The van der Waals surface area contributed by atoms with E-state index in [2.05, 4.69) is 15.5 Å². The van der Waals surface area contributed by atoms with E-state index in [-0.39, 0.29) is 17.6 Å². The fraction of sp³-hybridized carbons (Fsp3) is 0.375. The zero-order valence-electron chi connectivity index (χ0n) is 13.9. The summed E-state index contributed by atoms with van der Waals surface area (Å²) in [6.07, 6.45) is 0.795. The van der Waals surface area contributed by atoms with Gasteiger partial charge in [-0.15, -0.1) is 10.2 Å². The number of esters is 1. The normalized spacial score (nSPS) is 10.5. The molecule has 1 N–H and O–H groups in total. The number of ether oxygens (including phenoxy) is 1. The van der Waals surface area contributed by atoms with E-state index in [1.54, 1.807) is 31.2 Å². The van der Waals surface area contributed by atoms with Gasteiger partial charge in [0.2, 0.25) is 5.91 Å². The molecule has 1 aromatic carbocycles. The summed E-state index contributed by atoms with van der Waals surface area (Å²) in [5, 5.41) is 11.6. The first-order valence-electron chi connectivity index (χ1n) is 7.63. The van der Waals surface area contributed by atoms with Crippen LogP contribution in [0.3, 0.4) is 0 Å². The number of nitrogens with one attached hydrogen (secondary N) is 1. The van der Waals surface area contributed by atoms with Crippen molar-refractivity contribution in [3.8, 4) is 0 Å². The van der Waals surface area contributed by atoms with Gasteiger partial charge < -0.3 is 14.6 Å². The van der Waals surface area contributed by atoms with E-state index in [9.17, 15) is 9.59 Å². The lowest BCUT2D eigenvalue weighted by Crippen LogP contribution is -2.14. The van der Waals surface area contributed by atoms with Crippen molar-refractivity contribution in [2.24, 2.45) is 7.05 Å². The minimum atomic E-state index is -0.375. The average molecular weight is 348 g/mol. The molecule has 24 heavy (non-hydrogen) atoms. The number of hydrogen-bond acceptors (Lipinski definition) is 6. The third-order valence-electron chi connectivity index (χ3n) is 3.25. The number of carbonyl (C=O) groups excluding carboxylic acids is 2. The van der Waals surface area contributed by atoms with E-state index in [1.165, 1.54) is 11.8 Å². The first-order valence-corrected chi connectivity index (χ1v) is 8.61. The molecule has 2 aromatic rings. The Morgan fingerprint density at radius 2 is 1.92 bits per heavy atom. The summed E-state index contributed by atoms with van der Waals surface area (Å²) < 4.78 is 6.80. The van der Waals surface area contributed by atoms with Gasteiger partial charge in [-0.2, -0.15) is 0 Å². The largest absolute Gasteiger partial charge is 0.462 e. The minimum Gasteiger partial charge on any atom is -0.462 e. The minimum absolute atomic E-state index is 0.148. The Morgan fingerprint density at radius 3 is 2.50 bits per heavy atom. The molecule has 0 aliphatic rings. The Labute approximate surface area is 144 Å². The van der Waals surface area contributed by atoms with E-state index in [0.29, 0.717) is 23.0 Å². The SMILES string of the molecule is CCOC(=O)c1ccc(NC(=O)CSc2nnc(CC)n2C)cc1. The second kappa shape index (κ2) is 8.49.